The molecule has 5 nitrogen and oxygen atoms in total. The van der Waals surface area contributed by atoms with E-state index in [9.17, 15) is 4.79 Å². The average molecular weight is 345 g/mol. The van der Waals surface area contributed by atoms with Gasteiger partial charge in [-0.15, -0.1) is 5.10 Å². The lowest BCUT2D eigenvalue weighted by atomic mass is 9.91. The Balaban J connectivity index is 1.96. The summed E-state index contributed by atoms with van der Waals surface area (Å²) in [5.74, 6) is 0.507. The molecule has 126 valence electrons. The lowest BCUT2D eigenvalue weighted by molar-refractivity contribution is 0.0611. The highest BCUT2D eigenvalue weighted by Gasteiger charge is 2.30. The second-order valence-electron chi connectivity index (χ2n) is 6.05. The largest absolute Gasteiger partial charge is 0.371 e. The maximum absolute atomic E-state index is 13.1. The van der Waals surface area contributed by atoms with Crippen molar-refractivity contribution in [3.05, 3.63) is 52.2 Å². The number of hydrogen-bond acceptors (Lipinski definition) is 4. The van der Waals surface area contributed by atoms with Crippen LogP contribution in [0.1, 0.15) is 46.8 Å². The highest BCUT2D eigenvalue weighted by Crippen LogP contribution is 2.35. The maximum Gasteiger partial charge on any atom is 0.258 e. The minimum absolute atomic E-state index is 0.00620. The van der Waals surface area contributed by atoms with E-state index in [1.165, 1.54) is 5.56 Å². The molecular formula is C18H21ClN4O. The number of carbonyl (C=O) groups excluding carboxylic acids is 1. The predicted molar refractivity (Wildman–Crippen MR) is 95.4 cm³/mol. The molecule has 1 aromatic heterocycles. The molecule has 0 unspecified atom stereocenters. The Kier molecular flexibility index (Phi) is 5.00. The van der Waals surface area contributed by atoms with Gasteiger partial charge in [0.15, 0.2) is 5.82 Å². The Labute approximate surface area is 147 Å². The summed E-state index contributed by atoms with van der Waals surface area (Å²) in [6.45, 7) is 2.79. The van der Waals surface area contributed by atoms with E-state index in [4.69, 9.17) is 11.6 Å². The van der Waals surface area contributed by atoms with Crippen molar-refractivity contribution in [1.29, 1.82) is 0 Å². The first-order chi connectivity index (χ1) is 11.6. The Morgan fingerprint density at radius 1 is 1.33 bits per heavy atom. The molecule has 0 aliphatic carbocycles. The molecule has 1 atom stereocenters. The minimum Gasteiger partial charge on any atom is -0.371 e. The fourth-order valence-electron chi connectivity index (χ4n) is 3.35. The number of halogens is 1. The van der Waals surface area contributed by atoms with Crippen LogP contribution in [0.15, 0.2) is 30.5 Å². The number of carbonyl (C=O) groups is 1. The van der Waals surface area contributed by atoms with Gasteiger partial charge in [-0.05, 0) is 55.5 Å². The number of aromatic nitrogens is 2. The molecule has 1 N–H and O–H groups in total. The lowest BCUT2D eigenvalue weighted by Crippen LogP contribution is -2.39. The highest BCUT2D eigenvalue weighted by molar-refractivity contribution is 6.30. The van der Waals surface area contributed by atoms with Gasteiger partial charge < -0.3 is 10.2 Å². The summed E-state index contributed by atoms with van der Waals surface area (Å²) in [6, 6.07) is 7.69. The number of anilines is 1. The van der Waals surface area contributed by atoms with Crippen molar-refractivity contribution in [2.75, 3.05) is 18.9 Å². The zero-order valence-electron chi connectivity index (χ0n) is 13.9. The van der Waals surface area contributed by atoms with Crippen molar-refractivity contribution < 1.29 is 4.79 Å². The number of aryl methyl sites for hydroxylation is 1. The zero-order valence-corrected chi connectivity index (χ0v) is 14.7. The number of hydrogen-bond donors (Lipinski definition) is 1. The summed E-state index contributed by atoms with van der Waals surface area (Å²) < 4.78 is 0. The van der Waals surface area contributed by atoms with Gasteiger partial charge in [0, 0.05) is 18.6 Å². The second kappa shape index (κ2) is 7.18. The van der Waals surface area contributed by atoms with Crippen LogP contribution in [-0.4, -0.2) is 34.6 Å². The predicted octanol–water partition coefficient (Wildman–Crippen LogP) is 3.85. The number of piperidine rings is 1. The van der Waals surface area contributed by atoms with E-state index >= 15 is 0 Å². The first-order valence-electron chi connectivity index (χ1n) is 8.18. The third-order valence-corrected chi connectivity index (χ3v) is 4.78. The highest BCUT2D eigenvalue weighted by atomic mass is 35.5. The van der Waals surface area contributed by atoms with Crippen molar-refractivity contribution >= 4 is 23.3 Å². The van der Waals surface area contributed by atoms with Gasteiger partial charge >= 0.3 is 0 Å². The number of likely N-dealkylation sites (tertiary alicyclic amines) is 1. The van der Waals surface area contributed by atoms with Gasteiger partial charge in [0.25, 0.3) is 5.91 Å². The summed E-state index contributed by atoms with van der Waals surface area (Å²) in [4.78, 5) is 15.1. The molecule has 0 saturated carbocycles. The van der Waals surface area contributed by atoms with Crippen LogP contribution in [0.3, 0.4) is 0 Å². The van der Waals surface area contributed by atoms with Gasteiger partial charge in [-0.3, -0.25) is 4.79 Å². The summed E-state index contributed by atoms with van der Waals surface area (Å²) in [5, 5.41) is 11.5. The minimum atomic E-state index is -0.00620. The van der Waals surface area contributed by atoms with Gasteiger partial charge in [0.2, 0.25) is 0 Å². The van der Waals surface area contributed by atoms with Crippen LogP contribution in [0.4, 0.5) is 5.82 Å². The lowest BCUT2D eigenvalue weighted by Gasteiger charge is -2.37. The standard InChI is InChI=1S/C18H21ClN4O/c1-12-11-13(19)6-7-14(12)16-5-3-4-10-23(16)18(24)15-8-9-21-22-17(15)20-2/h6-9,11,16H,3-5,10H2,1-2H3,(H,20,22)/t16-/m1/s1. The topological polar surface area (TPSA) is 58.1 Å². The molecule has 1 amide bonds. The van der Waals surface area contributed by atoms with E-state index in [-0.39, 0.29) is 11.9 Å². The molecule has 1 aliphatic rings. The van der Waals surface area contributed by atoms with E-state index in [1.54, 1.807) is 19.3 Å². The van der Waals surface area contributed by atoms with Crippen molar-refractivity contribution in [2.45, 2.75) is 32.2 Å². The summed E-state index contributed by atoms with van der Waals surface area (Å²) in [6.07, 6.45) is 4.65. The van der Waals surface area contributed by atoms with Gasteiger partial charge in [-0.25, -0.2) is 0 Å². The molecule has 0 bridgehead atoms. The van der Waals surface area contributed by atoms with Gasteiger partial charge in [-0.2, -0.15) is 5.10 Å². The van der Waals surface area contributed by atoms with Gasteiger partial charge in [0.05, 0.1) is 17.8 Å². The fraction of sp³-hybridized carbons (Fsp3) is 0.389. The second-order valence-corrected chi connectivity index (χ2v) is 6.49. The molecule has 1 aliphatic heterocycles. The maximum atomic E-state index is 13.1. The van der Waals surface area contributed by atoms with Crippen molar-refractivity contribution in [3.63, 3.8) is 0 Å². The van der Waals surface area contributed by atoms with Crippen LogP contribution in [-0.2, 0) is 0 Å². The quantitative estimate of drug-likeness (QED) is 0.918. The fourth-order valence-corrected chi connectivity index (χ4v) is 3.58. The molecule has 1 saturated heterocycles. The molecule has 0 spiro atoms. The monoisotopic (exact) mass is 344 g/mol. The molecule has 2 aromatic rings. The number of amides is 1. The van der Waals surface area contributed by atoms with E-state index in [0.717, 1.165) is 36.4 Å². The normalized spacial score (nSPS) is 17.6. The first kappa shape index (κ1) is 16.7. The van der Waals surface area contributed by atoms with Crippen LogP contribution in [0.5, 0.6) is 0 Å². The molecule has 24 heavy (non-hydrogen) atoms. The van der Waals surface area contributed by atoms with Crippen LogP contribution in [0.25, 0.3) is 0 Å². The third-order valence-electron chi connectivity index (χ3n) is 4.54. The third kappa shape index (κ3) is 3.22. The van der Waals surface area contributed by atoms with Crippen molar-refractivity contribution in [1.82, 2.24) is 15.1 Å². The van der Waals surface area contributed by atoms with Gasteiger partial charge in [0.1, 0.15) is 0 Å². The smallest absolute Gasteiger partial charge is 0.258 e. The molecular weight excluding hydrogens is 324 g/mol. The van der Waals surface area contributed by atoms with Gasteiger partial charge in [-0.1, -0.05) is 17.7 Å². The zero-order chi connectivity index (χ0) is 17.1. The SMILES string of the molecule is CNc1nnccc1C(=O)N1CCCC[C@@H]1c1ccc(Cl)cc1C. The van der Waals surface area contributed by atoms with E-state index in [2.05, 4.69) is 15.5 Å². The summed E-state index contributed by atoms with van der Waals surface area (Å²) >= 11 is 6.09. The number of benzene rings is 1. The van der Waals surface area contributed by atoms with E-state index in [0.29, 0.717) is 11.4 Å². The van der Waals surface area contributed by atoms with Crippen molar-refractivity contribution in [3.8, 4) is 0 Å². The molecule has 3 rings (SSSR count). The van der Waals surface area contributed by atoms with E-state index < -0.39 is 0 Å². The molecule has 1 aromatic carbocycles. The first-order valence-corrected chi connectivity index (χ1v) is 8.56. The summed E-state index contributed by atoms with van der Waals surface area (Å²) in [7, 11) is 1.75. The number of rotatable bonds is 3. The number of nitrogens with one attached hydrogen (secondary N) is 1. The molecule has 6 heteroatoms. The Bertz CT molecular complexity index is 750. The summed E-state index contributed by atoms with van der Waals surface area (Å²) in [5.41, 5.74) is 2.85. The molecule has 0 radical (unpaired) electrons. The Hall–Kier alpha value is -2.14. The van der Waals surface area contributed by atoms with E-state index in [1.807, 2.05) is 30.0 Å². The van der Waals surface area contributed by atoms with Crippen LogP contribution in [0.2, 0.25) is 5.02 Å². The average Bonchev–Trinajstić information content (AvgIpc) is 2.61. The van der Waals surface area contributed by atoms with Crippen molar-refractivity contribution in [2.24, 2.45) is 0 Å². The van der Waals surface area contributed by atoms with Crippen LogP contribution in [0, 0.1) is 6.92 Å². The van der Waals surface area contributed by atoms with Crippen LogP contribution >= 0.6 is 11.6 Å². The molecule has 1 fully saturated rings. The molecule has 2 heterocycles. The number of nitrogens with zero attached hydrogens (tertiary/aromatic N) is 3. The van der Waals surface area contributed by atoms with Crippen LogP contribution < -0.4 is 5.32 Å². The Morgan fingerprint density at radius 2 is 2.17 bits per heavy atom. The Morgan fingerprint density at radius 3 is 2.92 bits per heavy atom.